The number of nitrogens with one attached hydrogen (secondary N) is 6. The van der Waals surface area contributed by atoms with Gasteiger partial charge in [-0.25, -0.2) is 14.0 Å². The molecule has 14 nitrogen and oxygen atoms in total. The molecule has 0 aliphatic rings. The van der Waals surface area contributed by atoms with Gasteiger partial charge in [0.25, 0.3) is 0 Å². The Morgan fingerprint density at radius 3 is 2.11 bits per heavy atom. The highest BCUT2D eigenvalue weighted by Crippen LogP contribution is 2.38. The first-order valence-electron chi connectivity index (χ1n) is 18.5. The minimum Gasteiger partial charge on any atom is -0.404 e. The molecule has 0 atom stereocenters. The molecule has 4 amide bonds. The van der Waals surface area contributed by atoms with Crippen molar-refractivity contribution in [2.45, 2.75) is 20.2 Å². The van der Waals surface area contributed by atoms with Crippen LogP contribution in [0.25, 0.3) is 44.1 Å². The molecule has 0 saturated heterocycles. The van der Waals surface area contributed by atoms with Crippen molar-refractivity contribution in [1.82, 2.24) is 20.4 Å². The van der Waals surface area contributed by atoms with Crippen molar-refractivity contribution in [2.24, 2.45) is 0 Å². The summed E-state index contributed by atoms with van der Waals surface area (Å²) in [5.41, 5.74) is 19.3. The second kappa shape index (κ2) is 17.3. The fourth-order valence-corrected chi connectivity index (χ4v) is 6.57. The van der Waals surface area contributed by atoms with E-state index in [9.17, 15) is 27.2 Å². The molecule has 18 heteroatoms. The number of amides is 4. The molecule has 0 saturated carbocycles. The number of benzene rings is 6. The molecule has 0 fully saturated rings. The Bertz CT molecular complexity index is 3010. The van der Waals surface area contributed by atoms with Crippen molar-refractivity contribution in [3.8, 4) is 34.1 Å². The molecule has 0 bridgehead atoms. The van der Waals surface area contributed by atoms with E-state index in [1.165, 1.54) is 30.3 Å². The smallest absolute Gasteiger partial charge is 0.404 e. The number of carbonyl (C=O) groups excluding carboxylic acids is 2. The average molecular weight is 842 g/mol. The van der Waals surface area contributed by atoms with Crippen LogP contribution in [-0.2, 0) is 0 Å². The Labute approximate surface area is 349 Å². The van der Waals surface area contributed by atoms with Crippen LogP contribution in [0.15, 0.2) is 115 Å². The molecule has 8 rings (SSSR count). The highest BCUT2D eigenvalue weighted by molar-refractivity contribution is 6.05. The molecular formula is C44H35F4N11O3. The Morgan fingerprint density at radius 2 is 1.35 bits per heavy atom. The number of urea groups is 2. The molecule has 2 aromatic heterocycles. The predicted octanol–water partition coefficient (Wildman–Crippen LogP) is 10.4. The lowest BCUT2D eigenvalue weighted by atomic mass is 9.99. The lowest BCUT2D eigenvalue weighted by Crippen LogP contribution is -2.23. The van der Waals surface area contributed by atoms with Crippen molar-refractivity contribution in [1.29, 1.82) is 5.26 Å². The Hall–Kier alpha value is -8.59. The number of H-pyrrole nitrogens is 2. The van der Waals surface area contributed by atoms with Gasteiger partial charge in [0.1, 0.15) is 5.82 Å². The monoisotopic (exact) mass is 841 g/mol. The van der Waals surface area contributed by atoms with E-state index in [-0.39, 0.29) is 23.2 Å². The fourth-order valence-electron chi connectivity index (χ4n) is 6.57. The van der Waals surface area contributed by atoms with Gasteiger partial charge in [0.2, 0.25) is 0 Å². The number of aromatic nitrogens is 4. The molecule has 312 valence electrons. The van der Waals surface area contributed by atoms with Crippen molar-refractivity contribution in [3.63, 3.8) is 0 Å². The Balaban J connectivity index is 0.000000188. The van der Waals surface area contributed by atoms with E-state index in [0.29, 0.717) is 50.3 Å². The molecule has 0 unspecified atom stereocenters. The van der Waals surface area contributed by atoms with Crippen molar-refractivity contribution >= 4 is 68.3 Å². The lowest BCUT2D eigenvalue weighted by Gasteiger charge is -2.16. The first-order valence-corrected chi connectivity index (χ1v) is 18.5. The Kier molecular flexibility index (Phi) is 11.6. The number of fused-ring (bicyclic) bond motifs is 2. The molecule has 6 aromatic carbocycles. The third kappa shape index (κ3) is 9.48. The minimum atomic E-state index is -5.02. The summed E-state index contributed by atoms with van der Waals surface area (Å²) in [6.45, 7) is 3.70. The van der Waals surface area contributed by atoms with Crippen LogP contribution in [0.2, 0.25) is 0 Å². The van der Waals surface area contributed by atoms with Gasteiger partial charge in [-0.2, -0.15) is 15.5 Å². The van der Waals surface area contributed by atoms with Gasteiger partial charge in [-0.3, -0.25) is 10.2 Å². The third-order valence-electron chi connectivity index (χ3n) is 9.42. The lowest BCUT2D eigenvalue weighted by molar-refractivity contribution is -0.274. The molecular weight excluding hydrogens is 807 g/mol. The zero-order chi connectivity index (χ0) is 44.1. The summed E-state index contributed by atoms with van der Waals surface area (Å²) < 4.78 is 57.3. The highest BCUT2D eigenvalue weighted by atomic mass is 19.4. The molecule has 0 aliphatic heterocycles. The van der Waals surface area contributed by atoms with Crippen molar-refractivity contribution < 1.29 is 31.9 Å². The van der Waals surface area contributed by atoms with Crippen LogP contribution in [0.5, 0.6) is 5.75 Å². The number of carbonyl (C=O) groups is 2. The minimum absolute atomic E-state index is 0.121. The number of nitriles is 1. The number of nitrogen functional groups attached to an aromatic ring is 2. The summed E-state index contributed by atoms with van der Waals surface area (Å²) in [6.07, 6.45) is -5.02. The average Bonchev–Trinajstić information content (AvgIpc) is 3.83. The SMILES string of the molecule is Cc1ccc(-c2ccc(NC(=O)Nc3cccc(C#N)c3)cc2)c2c(N)n[nH]c12.Cc1ccc(F)c(NC(=O)Nc2ccc(-c3cccc4[nH]nc(N)c34)cc2OC(F)(F)F)c1. The van der Waals surface area contributed by atoms with Gasteiger partial charge in [-0.05, 0) is 108 Å². The number of nitrogens with two attached hydrogens (primary N) is 2. The second-order valence-electron chi connectivity index (χ2n) is 13.8. The van der Waals surface area contributed by atoms with Gasteiger partial charge in [0.05, 0.1) is 44.8 Å². The van der Waals surface area contributed by atoms with Gasteiger partial charge in [0, 0.05) is 11.4 Å². The first-order chi connectivity index (χ1) is 29.6. The summed E-state index contributed by atoms with van der Waals surface area (Å²) in [7, 11) is 0. The predicted molar refractivity (Wildman–Crippen MR) is 231 cm³/mol. The number of halogens is 4. The number of hydrogen-bond donors (Lipinski definition) is 8. The zero-order valence-electron chi connectivity index (χ0n) is 32.7. The van der Waals surface area contributed by atoms with Crippen LogP contribution in [0.4, 0.5) is 61.5 Å². The summed E-state index contributed by atoms with van der Waals surface area (Å²) >= 11 is 0. The van der Waals surface area contributed by atoms with Crippen LogP contribution in [0.1, 0.15) is 16.7 Å². The maximum Gasteiger partial charge on any atom is 0.573 e. The number of anilines is 6. The number of aryl methyl sites for hydroxylation is 2. The van der Waals surface area contributed by atoms with E-state index < -0.39 is 24.0 Å². The van der Waals surface area contributed by atoms with Crippen molar-refractivity contribution in [2.75, 3.05) is 32.7 Å². The largest absolute Gasteiger partial charge is 0.573 e. The fraction of sp³-hybridized carbons (Fsp3) is 0.0682. The molecule has 0 aliphatic carbocycles. The van der Waals surface area contributed by atoms with Gasteiger partial charge >= 0.3 is 18.4 Å². The van der Waals surface area contributed by atoms with E-state index in [4.69, 9.17) is 16.7 Å². The van der Waals surface area contributed by atoms with Crippen LogP contribution in [-0.4, -0.2) is 38.8 Å². The highest BCUT2D eigenvalue weighted by Gasteiger charge is 2.33. The summed E-state index contributed by atoms with van der Waals surface area (Å²) in [5, 5.41) is 34.2. The number of alkyl halides is 3. The maximum absolute atomic E-state index is 13.9. The number of nitrogens with zero attached hydrogens (tertiary/aromatic N) is 3. The number of rotatable bonds is 7. The van der Waals surface area contributed by atoms with Crippen LogP contribution in [0.3, 0.4) is 0 Å². The van der Waals surface area contributed by atoms with E-state index in [1.807, 2.05) is 49.4 Å². The molecule has 2 heterocycles. The van der Waals surface area contributed by atoms with Gasteiger partial charge in [-0.1, -0.05) is 54.6 Å². The van der Waals surface area contributed by atoms with Gasteiger partial charge in [-0.15, -0.1) is 13.2 Å². The molecule has 0 spiro atoms. The molecule has 62 heavy (non-hydrogen) atoms. The van der Waals surface area contributed by atoms with Crippen LogP contribution >= 0.6 is 0 Å². The van der Waals surface area contributed by atoms with Crippen LogP contribution < -0.4 is 37.5 Å². The topological polar surface area (TPSA) is 225 Å². The molecule has 0 radical (unpaired) electrons. The van der Waals surface area contributed by atoms with Gasteiger partial charge in [0.15, 0.2) is 17.4 Å². The molecule has 8 aromatic rings. The van der Waals surface area contributed by atoms with E-state index >= 15 is 0 Å². The first kappa shape index (κ1) is 41.6. The number of hydrogen-bond acceptors (Lipinski definition) is 8. The quantitative estimate of drug-likeness (QED) is 0.0719. The number of ether oxygens (including phenoxy) is 1. The normalized spacial score (nSPS) is 11.0. The standard InChI is InChI=1S/C22H17F4N5O2.C22H18N6O/c1-11-5-7-14(23)17(9-11)29-21(32)28-15-8-6-12(10-18(15)33-22(24,25)26)13-3-2-4-16-19(13)20(27)31-30-16;1-13-5-10-18(19-20(13)27-28-21(19)24)15-6-8-16(9-7-15)25-22(29)26-17-4-2-3-14(11-17)12-23/h2-10H,1H3,(H3,27,30,31)(H2,28,29,32);2-11H,1H3,(H3,24,27,28)(H2,25,26,29). The van der Waals surface area contributed by atoms with E-state index in [2.05, 4.69) is 46.4 Å². The number of aromatic amines is 2. The third-order valence-corrected chi connectivity index (χ3v) is 9.42. The van der Waals surface area contributed by atoms with E-state index in [0.717, 1.165) is 33.7 Å². The molecule has 10 N–H and O–H groups in total. The Morgan fingerprint density at radius 1 is 0.694 bits per heavy atom. The maximum atomic E-state index is 13.9. The van der Waals surface area contributed by atoms with Gasteiger partial charge < -0.3 is 37.5 Å². The summed E-state index contributed by atoms with van der Waals surface area (Å²) in [5.74, 6) is -0.705. The summed E-state index contributed by atoms with van der Waals surface area (Å²) in [4.78, 5) is 24.6. The van der Waals surface area contributed by atoms with E-state index in [1.54, 1.807) is 49.4 Å². The summed E-state index contributed by atoms with van der Waals surface area (Å²) in [6, 6.07) is 32.0. The van der Waals surface area contributed by atoms with Crippen LogP contribution in [0, 0.1) is 31.0 Å². The second-order valence-corrected chi connectivity index (χ2v) is 13.8. The zero-order valence-corrected chi connectivity index (χ0v) is 32.7. The van der Waals surface area contributed by atoms with Crippen molar-refractivity contribution in [3.05, 3.63) is 138 Å².